The average molecular weight is 373 g/mol. The standard InChI is InChI=1S/C21H15N3O4/c1-13(25)23-16(11-14-7-5-6-10-18(14)23)12-17-19(26)22-21(28)24(20(17)27)15-8-3-2-4-9-15/h2-12H,1H3,(H,22,26,28)/b17-12+. The van der Waals surface area contributed by atoms with E-state index in [4.69, 9.17) is 0 Å². The van der Waals surface area contributed by atoms with Gasteiger partial charge >= 0.3 is 6.03 Å². The highest BCUT2D eigenvalue weighted by Gasteiger charge is 2.37. The molecule has 0 spiro atoms. The summed E-state index contributed by atoms with van der Waals surface area (Å²) in [5, 5.41) is 2.97. The number of hydrogen-bond acceptors (Lipinski definition) is 4. The highest BCUT2D eigenvalue weighted by atomic mass is 16.2. The van der Waals surface area contributed by atoms with E-state index in [0.29, 0.717) is 16.9 Å². The molecule has 0 radical (unpaired) electrons. The summed E-state index contributed by atoms with van der Waals surface area (Å²) in [6.07, 6.45) is 1.33. The number of nitrogens with one attached hydrogen (secondary N) is 1. The second-order valence-corrected chi connectivity index (χ2v) is 6.28. The van der Waals surface area contributed by atoms with Crippen molar-refractivity contribution in [2.45, 2.75) is 6.92 Å². The Bertz CT molecular complexity index is 1170. The number of aromatic nitrogens is 1. The maximum Gasteiger partial charge on any atom is 0.335 e. The minimum atomic E-state index is -0.814. The number of barbiturate groups is 1. The van der Waals surface area contributed by atoms with Gasteiger partial charge in [-0.2, -0.15) is 0 Å². The monoisotopic (exact) mass is 373 g/mol. The first-order valence-electron chi connectivity index (χ1n) is 8.55. The molecule has 2 aromatic carbocycles. The third-order valence-corrected chi connectivity index (χ3v) is 4.46. The van der Waals surface area contributed by atoms with Crippen LogP contribution in [0.25, 0.3) is 17.0 Å². The molecule has 28 heavy (non-hydrogen) atoms. The van der Waals surface area contributed by atoms with E-state index in [2.05, 4.69) is 5.32 Å². The molecule has 1 fully saturated rings. The van der Waals surface area contributed by atoms with Crippen molar-refractivity contribution in [2.75, 3.05) is 4.90 Å². The van der Waals surface area contributed by atoms with Gasteiger partial charge in [0.2, 0.25) is 5.91 Å². The van der Waals surface area contributed by atoms with Crippen molar-refractivity contribution in [3.8, 4) is 0 Å². The van der Waals surface area contributed by atoms with Gasteiger partial charge in [-0.05, 0) is 30.3 Å². The van der Waals surface area contributed by atoms with Crippen LogP contribution in [0, 0.1) is 0 Å². The third-order valence-electron chi connectivity index (χ3n) is 4.46. The van der Waals surface area contributed by atoms with Crippen molar-refractivity contribution >= 4 is 46.4 Å². The zero-order chi connectivity index (χ0) is 19.8. The summed E-state index contributed by atoms with van der Waals surface area (Å²) in [7, 11) is 0. The Morgan fingerprint density at radius 3 is 2.36 bits per heavy atom. The second kappa shape index (κ2) is 6.62. The number of anilines is 1. The Labute approximate surface area is 159 Å². The van der Waals surface area contributed by atoms with Crippen LogP contribution < -0.4 is 10.2 Å². The molecule has 0 unspecified atom stereocenters. The molecule has 7 heteroatoms. The summed E-state index contributed by atoms with van der Waals surface area (Å²) in [4.78, 5) is 50.6. The maximum absolute atomic E-state index is 12.9. The Hall–Kier alpha value is -4.00. The van der Waals surface area contributed by atoms with Crippen LogP contribution in [0.5, 0.6) is 0 Å². The van der Waals surface area contributed by atoms with E-state index in [1.165, 1.54) is 17.6 Å². The Morgan fingerprint density at radius 2 is 1.64 bits per heavy atom. The third kappa shape index (κ3) is 2.79. The normalized spacial score (nSPS) is 16.0. The highest BCUT2D eigenvalue weighted by molar-refractivity contribution is 6.39. The zero-order valence-electron chi connectivity index (χ0n) is 14.9. The molecular weight excluding hydrogens is 358 g/mol. The molecule has 138 valence electrons. The van der Waals surface area contributed by atoms with E-state index in [0.717, 1.165) is 10.3 Å². The van der Waals surface area contributed by atoms with Crippen LogP contribution in [-0.4, -0.2) is 28.3 Å². The number of amides is 4. The number of carbonyl (C=O) groups excluding carboxylic acids is 4. The minimum Gasteiger partial charge on any atom is -0.281 e. The fourth-order valence-electron chi connectivity index (χ4n) is 3.25. The number of benzene rings is 2. The van der Waals surface area contributed by atoms with Crippen molar-refractivity contribution in [3.05, 3.63) is 71.9 Å². The molecule has 0 atom stereocenters. The molecule has 0 bridgehead atoms. The molecule has 0 saturated carbocycles. The predicted molar refractivity (Wildman–Crippen MR) is 104 cm³/mol. The van der Waals surface area contributed by atoms with Gasteiger partial charge in [0, 0.05) is 12.3 Å². The lowest BCUT2D eigenvalue weighted by Crippen LogP contribution is -2.54. The molecule has 4 rings (SSSR count). The first kappa shape index (κ1) is 17.4. The number of carbonyl (C=O) groups is 4. The van der Waals surface area contributed by atoms with Gasteiger partial charge in [-0.1, -0.05) is 36.4 Å². The quantitative estimate of drug-likeness (QED) is 0.552. The smallest absolute Gasteiger partial charge is 0.281 e. The fraction of sp³-hybridized carbons (Fsp3) is 0.0476. The molecular formula is C21H15N3O4. The highest BCUT2D eigenvalue weighted by Crippen LogP contribution is 2.25. The van der Waals surface area contributed by atoms with E-state index in [1.807, 2.05) is 12.1 Å². The van der Waals surface area contributed by atoms with Gasteiger partial charge in [-0.3, -0.25) is 24.3 Å². The lowest BCUT2D eigenvalue weighted by Gasteiger charge is -2.26. The van der Waals surface area contributed by atoms with Crippen LogP contribution in [0.4, 0.5) is 10.5 Å². The Balaban J connectivity index is 1.85. The molecule has 0 aliphatic carbocycles. The summed E-state index contributed by atoms with van der Waals surface area (Å²) >= 11 is 0. The van der Waals surface area contributed by atoms with Gasteiger partial charge < -0.3 is 0 Å². The topological polar surface area (TPSA) is 88.5 Å². The number of rotatable bonds is 2. The van der Waals surface area contributed by atoms with E-state index < -0.39 is 17.8 Å². The fourth-order valence-corrected chi connectivity index (χ4v) is 3.25. The second-order valence-electron chi connectivity index (χ2n) is 6.28. The van der Waals surface area contributed by atoms with Crippen LogP contribution in [0.1, 0.15) is 17.4 Å². The molecule has 1 aliphatic rings. The number of nitrogens with zero attached hydrogens (tertiary/aromatic N) is 2. The lowest BCUT2D eigenvalue weighted by atomic mass is 10.1. The van der Waals surface area contributed by atoms with Gasteiger partial charge in [0.15, 0.2) is 0 Å². The summed E-state index contributed by atoms with van der Waals surface area (Å²) in [6, 6.07) is 16.5. The van der Waals surface area contributed by atoms with Crippen LogP contribution in [0.15, 0.2) is 66.2 Å². The average Bonchev–Trinajstić information content (AvgIpc) is 3.04. The van der Waals surface area contributed by atoms with Crippen molar-refractivity contribution in [2.24, 2.45) is 0 Å². The van der Waals surface area contributed by atoms with Crippen molar-refractivity contribution in [1.82, 2.24) is 9.88 Å². The van der Waals surface area contributed by atoms with Crippen LogP contribution in [-0.2, 0) is 9.59 Å². The molecule has 7 nitrogen and oxygen atoms in total. The largest absolute Gasteiger partial charge is 0.335 e. The van der Waals surface area contributed by atoms with Gasteiger partial charge in [0.25, 0.3) is 11.8 Å². The predicted octanol–water partition coefficient (Wildman–Crippen LogP) is 2.97. The van der Waals surface area contributed by atoms with Crippen LogP contribution in [0.3, 0.4) is 0 Å². The molecule has 1 N–H and O–H groups in total. The van der Waals surface area contributed by atoms with Gasteiger partial charge in [-0.25, -0.2) is 9.69 Å². The Morgan fingerprint density at radius 1 is 0.964 bits per heavy atom. The minimum absolute atomic E-state index is 0.228. The SMILES string of the molecule is CC(=O)n1c(/C=C2\C(=O)NC(=O)N(c3ccccc3)C2=O)cc2ccccc21. The van der Waals surface area contributed by atoms with Crippen molar-refractivity contribution in [3.63, 3.8) is 0 Å². The summed E-state index contributed by atoms with van der Waals surface area (Å²) < 4.78 is 1.42. The summed E-state index contributed by atoms with van der Waals surface area (Å²) in [5.41, 5.74) is 1.17. The molecule has 2 heterocycles. The number of imide groups is 2. The number of urea groups is 1. The summed E-state index contributed by atoms with van der Waals surface area (Å²) in [6.45, 7) is 1.40. The Kier molecular flexibility index (Phi) is 4.12. The van der Waals surface area contributed by atoms with E-state index in [-0.39, 0.29) is 11.5 Å². The number of para-hydroxylation sites is 2. The maximum atomic E-state index is 12.9. The van der Waals surface area contributed by atoms with E-state index in [1.54, 1.807) is 48.5 Å². The first-order chi connectivity index (χ1) is 13.5. The van der Waals surface area contributed by atoms with Gasteiger partial charge in [0.05, 0.1) is 16.9 Å². The number of fused-ring (bicyclic) bond motifs is 1. The molecule has 1 saturated heterocycles. The van der Waals surface area contributed by atoms with E-state index in [9.17, 15) is 19.2 Å². The molecule has 1 aromatic heterocycles. The van der Waals surface area contributed by atoms with Crippen molar-refractivity contribution in [1.29, 1.82) is 0 Å². The van der Waals surface area contributed by atoms with Crippen molar-refractivity contribution < 1.29 is 19.2 Å². The zero-order valence-corrected chi connectivity index (χ0v) is 14.9. The van der Waals surface area contributed by atoms with Crippen LogP contribution >= 0.6 is 0 Å². The van der Waals surface area contributed by atoms with Gasteiger partial charge in [0.1, 0.15) is 5.57 Å². The molecule has 1 aliphatic heterocycles. The first-order valence-corrected chi connectivity index (χ1v) is 8.55. The van der Waals surface area contributed by atoms with Gasteiger partial charge in [-0.15, -0.1) is 0 Å². The lowest BCUT2D eigenvalue weighted by molar-refractivity contribution is -0.122. The molecule has 4 amide bonds. The molecule has 3 aromatic rings. The summed E-state index contributed by atoms with van der Waals surface area (Å²) in [5.74, 6) is -1.81. The number of hydrogen-bond donors (Lipinski definition) is 1. The van der Waals surface area contributed by atoms with Crippen LogP contribution in [0.2, 0.25) is 0 Å². The van der Waals surface area contributed by atoms with E-state index >= 15 is 0 Å².